The minimum Gasteiger partial charge on any atom is -0.439 e. The third-order valence-electron chi connectivity index (χ3n) is 2.19. The fourth-order valence-electron chi connectivity index (χ4n) is 1.44. The van der Waals surface area contributed by atoms with E-state index in [0.29, 0.717) is 6.54 Å². The van der Waals surface area contributed by atoms with Gasteiger partial charge in [-0.3, -0.25) is 0 Å². The lowest BCUT2D eigenvalue weighted by Gasteiger charge is -1.93. The predicted molar refractivity (Wildman–Crippen MR) is 56.1 cm³/mol. The van der Waals surface area contributed by atoms with Crippen molar-refractivity contribution in [2.45, 2.75) is 20.4 Å². The summed E-state index contributed by atoms with van der Waals surface area (Å²) in [5.74, 6) is 0.760. The molecule has 0 saturated heterocycles. The Kier molecular flexibility index (Phi) is 2.50. The van der Waals surface area contributed by atoms with Gasteiger partial charge in [-0.05, 0) is 25.1 Å². The summed E-state index contributed by atoms with van der Waals surface area (Å²) in [6, 6.07) is 5.98. The normalized spacial score (nSPS) is 11.0. The summed E-state index contributed by atoms with van der Waals surface area (Å²) >= 11 is 0. The second kappa shape index (κ2) is 3.80. The van der Waals surface area contributed by atoms with Gasteiger partial charge in [0, 0.05) is 0 Å². The van der Waals surface area contributed by atoms with E-state index < -0.39 is 0 Å². The minimum absolute atomic E-state index is 0.699. The number of benzene rings is 1. The molecular weight excluding hydrogens is 176 g/mol. The molecule has 0 spiro atoms. The molecule has 0 amide bonds. The molecule has 3 nitrogen and oxygen atoms in total. The molecule has 3 heteroatoms. The first kappa shape index (κ1) is 9.21. The molecule has 0 radical (unpaired) electrons. The van der Waals surface area contributed by atoms with Crippen molar-refractivity contribution in [2.75, 3.05) is 6.54 Å². The van der Waals surface area contributed by atoms with E-state index in [1.54, 1.807) is 0 Å². The molecule has 0 aliphatic heterocycles. The number of fused-ring (bicyclic) bond motifs is 1. The van der Waals surface area contributed by atoms with Crippen molar-refractivity contribution in [2.24, 2.45) is 0 Å². The van der Waals surface area contributed by atoms with Crippen LogP contribution in [0, 0.1) is 6.92 Å². The van der Waals surface area contributed by atoms with Gasteiger partial charge in [-0.25, -0.2) is 4.98 Å². The van der Waals surface area contributed by atoms with Crippen LogP contribution in [-0.4, -0.2) is 11.5 Å². The van der Waals surface area contributed by atoms with Crippen molar-refractivity contribution in [1.29, 1.82) is 0 Å². The summed E-state index contributed by atoms with van der Waals surface area (Å²) in [5, 5.41) is 3.19. The van der Waals surface area contributed by atoms with Gasteiger partial charge >= 0.3 is 0 Å². The van der Waals surface area contributed by atoms with Gasteiger partial charge in [0.1, 0.15) is 5.52 Å². The highest BCUT2D eigenvalue weighted by molar-refractivity contribution is 5.76. The van der Waals surface area contributed by atoms with Crippen LogP contribution in [0.25, 0.3) is 11.1 Å². The van der Waals surface area contributed by atoms with Crippen molar-refractivity contribution in [3.05, 3.63) is 29.7 Å². The first-order valence-electron chi connectivity index (χ1n) is 4.87. The number of nitrogens with zero attached hydrogens (tertiary/aromatic N) is 1. The average Bonchev–Trinajstić information content (AvgIpc) is 2.59. The Hall–Kier alpha value is -1.35. The second-order valence-corrected chi connectivity index (χ2v) is 3.31. The molecule has 0 atom stereocenters. The van der Waals surface area contributed by atoms with Crippen LogP contribution in [-0.2, 0) is 6.54 Å². The summed E-state index contributed by atoms with van der Waals surface area (Å²) in [6.45, 7) is 5.73. The zero-order valence-corrected chi connectivity index (χ0v) is 8.50. The van der Waals surface area contributed by atoms with E-state index in [0.717, 1.165) is 29.1 Å². The van der Waals surface area contributed by atoms with Crippen LogP contribution in [0.15, 0.2) is 22.6 Å². The molecule has 1 heterocycles. The maximum atomic E-state index is 5.58. The highest BCUT2D eigenvalue weighted by Crippen LogP contribution is 2.18. The van der Waals surface area contributed by atoms with Gasteiger partial charge in [0.15, 0.2) is 5.58 Å². The molecule has 0 bridgehead atoms. The fraction of sp³-hybridized carbons (Fsp3) is 0.364. The Labute approximate surface area is 83.1 Å². The van der Waals surface area contributed by atoms with Crippen LogP contribution in [0.2, 0.25) is 0 Å². The van der Waals surface area contributed by atoms with E-state index in [9.17, 15) is 0 Å². The van der Waals surface area contributed by atoms with E-state index in [-0.39, 0.29) is 0 Å². The third-order valence-corrected chi connectivity index (χ3v) is 2.19. The molecule has 0 aliphatic carbocycles. The van der Waals surface area contributed by atoms with E-state index in [4.69, 9.17) is 4.42 Å². The molecule has 1 N–H and O–H groups in total. The highest BCUT2D eigenvalue weighted by Gasteiger charge is 2.05. The number of aromatic nitrogens is 1. The van der Waals surface area contributed by atoms with Gasteiger partial charge in [0.2, 0.25) is 5.89 Å². The fourth-order valence-corrected chi connectivity index (χ4v) is 1.44. The molecule has 14 heavy (non-hydrogen) atoms. The third kappa shape index (κ3) is 1.63. The molecule has 0 fully saturated rings. The first-order valence-corrected chi connectivity index (χ1v) is 4.87. The number of hydrogen-bond acceptors (Lipinski definition) is 3. The Morgan fingerprint density at radius 2 is 2.29 bits per heavy atom. The van der Waals surface area contributed by atoms with Crippen molar-refractivity contribution in [3.63, 3.8) is 0 Å². The van der Waals surface area contributed by atoms with Gasteiger partial charge in [-0.2, -0.15) is 0 Å². The van der Waals surface area contributed by atoms with Crippen LogP contribution >= 0.6 is 0 Å². The number of para-hydroxylation sites is 1. The van der Waals surface area contributed by atoms with Crippen LogP contribution < -0.4 is 5.32 Å². The molecule has 0 unspecified atom stereocenters. The van der Waals surface area contributed by atoms with Crippen molar-refractivity contribution < 1.29 is 4.42 Å². The highest BCUT2D eigenvalue weighted by atomic mass is 16.3. The van der Waals surface area contributed by atoms with Crippen molar-refractivity contribution in [1.82, 2.24) is 10.3 Å². The first-order chi connectivity index (χ1) is 6.81. The summed E-state index contributed by atoms with van der Waals surface area (Å²) in [7, 11) is 0. The second-order valence-electron chi connectivity index (χ2n) is 3.31. The summed E-state index contributed by atoms with van der Waals surface area (Å²) < 4.78 is 5.58. The smallest absolute Gasteiger partial charge is 0.209 e. The standard InChI is InChI=1S/C11H14N2O/c1-3-12-7-10-13-11-8(2)5-4-6-9(11)14-10/h4-6,12H,3,7H2,1-2H3. The van der Waals surface area contributed by atoms with E-state index in [2.05, 4.69) is 17.2 Å². The van der Waals surface area contributed by atoms with Gasteiger partial charge in [-0.1, -0.05) is 19.1 Å². The zero-order valence-electron chi connectivity index (χ0n) is 8.50. The van der Waals surface area contributed by atoms with Crippen LogP contribution in [0.5, 0.6) is 0 Å². The maximum Gasteiger partial charge on any atom is 0.209 e. The van der Waals surface area contributed by atoms with Gasteiger partial charge in [0.25, 0.3) is 0 Å². The minimum atomic E-state index is 0.699. The van der Waals surface area contributed by atoms with Gasteiger partial charge in [-0.15, -0.1) is 0 Å². The number of oxazole rings is 1. The lowest BCUT2D eigenvalue weighted by Crippen LogP contribution is -2.11. The van der Waals surface area contributed by atoms with Crippen LogP contribution in [0.4, 0.5) is 0 Å². The molecule has 2 rings (SSSR count). The topological polar surface area (TPSA) is 38.1 Å². The van der Waals surface area contributed by atoms with E-state index >= 15 is 0 Å². The van der Waals surface area contributed by atoms with Crippen LogP contribution in [0.1, 0.15) is 18.4 Å². The molecular formula is C11H14N2O. The summed E-state index contributed by atoms with van der Waals surface area (Å²) in [6.07, 6.45) is 0. The Bertz CT molecular complexity index is 434. The SMILES string of the molecule is CCNCc1nc2c(C)cccc2o1. The number of aryl methyl sites for hydroxylation is 1. The lowest BCUT2D eigenvalue weighted by molar-refractivity contribution is 0.501. The average molecular weight is 190 g/mol. The molecule has 74 valence electrons. The number of hydrogen-bond donors (Lipinski definition) is 1. The molecule has 0 saturated carbocycles. The van der Waals surface area contributed by atoms with E-state index in [1.807, 2.05) is 25.1 Å². The van der Waals surface area contributed by atoms with Crippen LogP contribution in [0.3, 0.4) is 0 Å². The summed E-state index contributed by atoms with van der Waals surface area (Å²) in [5.41, 5.74) is 3.01. The lowest BCUT2D eigenvalue weighted by atomic mass is 10.2. The van der Waals surface area contributed by atoms with E-state index in [1.165, 1.54) is 0 Å². The Balaban J connectivity index is 2.36. The molecule has 2 aromatic rings. The quantitative estimate of drug-likeness (QED) is 0.806. The monoisotopic (exact) mass is 190 g/mol. The number of nitrogens with one attached hydrogen (secondary N) is 1. The Morgan fingerprint density at radius 1 is 1.43 bits per heavy atom. The maximum absolute atomic E-state index is 5.58. The zero-order chi connectivity index (χ0) is 9.97. The number of rotatable bonds is 3. The molecule has 1 aromatic carbocycles. The molecule has 1 aromatic heterocycles. The van der Waals surface area contributed by atoms with Gasteiger partial charge < -0.3 is 9.73 Å². The predicted octanol–water partition coefficient (Wildman–Crippen LogP) is 2.25. The van der Waals surface area contributed by atoms with Gasteiger partial charge in [0.05, 0.1) is 6.54 Å². The molecule has 0 aliphatic rings. The van der Waals surface area contributed by atoms with Crippen molar-refractivity contribution >= 4 is 11.1 Å². The largest absolute Gasteiger partial charge is 0.439 e. The Morgan fingerprint density at radius 3 is 3.00 bits per heavy atom. The van der Waals surface area contributed by atoms with Crippen molar-refractivity contribution in [3.8, 4) is 0 Å². The summed E-state index contributed by atoms with van der Waals surface area (Å²) in [4.78, 5) is 4.42.